The zero-order valence-corrected chi connectivity index (χ0v) is 51.7. The zero-order chi connectivity index (χ0) is 63.3. The average Bonchev–Trinajstić information content (AvgIpc) is 2.35. The lowest BCUT2D eigenvalue weighted by molar-refractivity contribution is -0.379. The molecule has 0 aromatic rings. The number of aliphatic hydroxyl groups is 11. The van der Waals surface area contributed by atoms with Crippen molar-refractivity contribution in [2.24, 2.45) is 0 Å². The van der Waals surface area contributed by atoms with Gasteiger partial charge in [-0.1, -0.05) is 186 Å². The summed E-state index contributed by atoms with van der Waals surface area (Å²) in [5, 5.41) is 120. The number of hydrogen-bond acceptors (Lipinski definition) is 18. The summed E-state index contributed by atoms with van der Waals surface area (Å²) in [6, 6.07) is -1.00. The molecule has 0 saturated carbocycles. The molecule has 3 heterocycles. The van der Waals surface area contributed by atoms with E-state index in [0.29, 0.717) is 12.8 Å². The molecule has 0 aromatic heterocycles. The summed E-state index contributed by atoms with van der Waals surface area (Å²) in [6.45, 7) is 1.41. The molecule has 3 rings (SSSR count). The number of allylic oxidation sites excluding steroid dienone is 21. The van der Waals surface area contributed by atoms with Gasteiger partial charge in [0, 0.05) is 6.42 Å². The Hall–Kier alpha value is -4.07. The van der Waals surface area contributed by atoms with Gasteiger partial charge in [0.2, 0.25) is 5.91 Å². The minimum atomic E-state index is -1.99. The Morgan fingerprint density at radius 3 is 1.28 bits per heavy atom. The summed E-state index contributed by atoms with van der Waals surface area (Å²) in [7, 11) is 0. The number of rotatable bonds is 45. The van der Waals surface area contributed by atoms with Crippen LogP contribution in [0, 0.1) is 0 Å². The Labute approximate surface area is 518 Å². The zero-order valence-electron chi connectivity index (χ0n) is 51.7. The molecule has 3 saturated heterocycles. The van der Waals surface area contributed by atoms with Gasteiger partial charge in [0.05, 0.1) is 38.6 Å². The third kappa shape index (κ3) is 31.5. The van der Waals surface area contributed by atoms with Crippen LogP contribution in [0.15, 0.2) is 134 Å². The molecular formula is C68H109NO18. The summed E-state index contributed by atoms with van der Waals surface area (Å²) >= 11 is 0. The Morgan fingerprint density at radius 1 is 0.425 bits per heavy atom. The molecule has 12 N–H and O–H groups in total. The van der Waals surface area contributed by atoms with Crippen molar-refractivity contribution >= 4 is 5.91 Å². The second-order valence-corrected chi connectivity index (χ2v) is 22.1. The quantitative estimate of drug-likeness (QED) is 0.0215. The van der Waals surface area contributed by atoms with E-state index in [1.807, 2.05) is 0 Å². The molecule has 0 spiro atoms. The maximum atomic E-state index is 13.3. The molecular weight excluding hydrogens is 1120 g/mol. The highest BCUT2D eigenvalue weighted by atomic mass is 16.8. The Kier molecular flexibility index (Phi) is 43.2. The van der Waals surface area contributed by atoms with Crippen molar-refractivity contribution in [1.82, 2.24) is 5.32 Å². The van der Waals surface area contributed by atoms with Gasteiger partial charge < -0.3 is 89.9 Å². The van der Waals surface area contributed by atoms with Crippen LogP contribution < -0.4 is 5.32 Å². The van der Waals surface area contributed by atoms with E-state index in [4.69, 9.17) is 28.4 Å². The lowest BCUT2D eigenvalue weighted by Gasteiger charge is -2.48. The van der Waals surface area contributed by atoms with E-state index >= 15 is 0 Å². The van der Waals surface area contributed by atoms with E-state index in [2.05, 4.69) is 141 Å². The predicted molar refractivity (Wildman–Crippen MR) is 336 cm³/mol. The molecule has 19 nitrogen and oxygen atoms in total. The van der Waals surface area contributed by atoms with Gasteiger partial charge in [0.25, 0.3) is 0 Å². The van der Waals surface area contributed by atoms with Crippen LogP contribution in [0.5, 0.6) is 0 Å². The van der Waals surface area contributed by atoms with Crippen molar-refractivity contribution in [1.29, 1.82) is 0 Å². The van der Waals surface area contributed by atoms with Gasteiger partial charge in [-0.3, -0.25) is 4.79 Å². The van der Waals surface area contributed by atoms with Crippen molar-refractivity contribution in [3.63, 3.8) is 0 Å². The number of nitrogens with one attached hydrogen (secondary N) is 1. The monoisotopic (exact) mass is 1230 g/mol. The van der Waals surface area contributed by atoms with Crippen LogP contribution in [-0.4, -0.2) is 193 Å². The van der Waals surface area contributed by atoms with Gasteiger partial charge in [-0.05, 0) is 96.3 Å². The van der Waals surface area contributed by atoms with E-state index in [1.54, 1.807) is 12.2 Å². The van der Waals surface area contributed by atoms with Gasteiger partial charge in [0.1, 0.15) is 73.2 Å². The van der Waals surface area contributed by atoms with Gasteiger partial charge >= 0.3 is 0 Å². The topological polar surface area (TPSA) is 307 Å². The summed E-state index contributed by atoms with van der Waals surface area (Å²) in [5.41, 5.74) is 0. The first-order valence-electron chi connectivity index (χ1n) is 31.9. The van der Waals surface area contributed by atoms with Crippen LogP contribution in [0.2, 0.25) is 0 Å². The Morgan fingerprint density at radius 2 is 0.805 bits per heavy atom. The molecule has 19 heteroatoms. The molecule has 3 aliphatic rings. The highest BCUT2D eigenvalue weighted by Crippen LogP contribution is 2.33. The van der Waals surface area contributed by atoms with E-state index in [-0.39, 0.29) is 18.9 Å². The molecule has 1 amide bonds. The molecule has 17 atom stereocenters. The molecule has 0 aromatic carbocycles. The number of hydrogen-bond donors (Lipinski definition) is 12. The van der Waals surface area contributed by atoms with E-state index in [9.17, 15) is 61.0 Å². The van der Waals surface area contributed by atoms with Crippen LogP contribution in [-0.2, 0) is 33.2 Å². The maximum Gasteiger partial charge on any atom is 0.220 e. The molecule has 3 fully saturated rings. The number of carbonyl (C=O) groups is 1. The number of ether oxygens (including phenoxy) is 6. The van der Waals surface area contributed by atoms with Crippen LogP contribution in [0.1, 0.15) is 155 Å². The summed E-state index contributed by atoms with van der Waals surface area (Å²) in [6.07, 6.45) is 40.7. The van der Waals surface area contributed by atoms with Crippen molar-refractivity contribution in [3.05, 3.63) is 134 Å². The minimum Gasteiger partial charge on any atom is -0.394 e. The second-order valence-electron chi connectivity index (χ2n) is 22.1. The molecule has 17 unspecified atom stereocenters. The smallest absolute Gasteiger partial charge is 0.220 e. The Bertz CT molecular complexity index is 2100. The number of unbranched alkanes of at least 4 members (excludes halogenated alkanes) is 9. The van der Waals surface area contributed by atoms with Crippen molar-refractivity contribution in [2.75, 3.05) is 26.4 Å². The van der Waals surface area contributed by atoms with E-state index in [0.717, 1.165) is 122 Å². The van der Waals surface area contributed by atoms with Crippen LogP contribution in [0.3, 0.4) is 0 Å². The van der Waals surface area contributed by atoms with E-state index in [1.165, 1.54) is 0 Å². The second kappa shape index (κ2) is 48.7. The average molecular weight is 1230 g/mol. The molecule has 3 aliphatic heterocycles. The summed E-state index contributed by atoms with van der Waals surface area (Å²) in [4.78, 5) is 13.3. The predicted octanol–water partition coefficient (Wildman–Crippen LogP) is 7.04. The van der Waals surface area contributed by atoms with E-state index < -0.39 is 124 Å². The lowest BCUT2D eigenvalue weighted by Crippen LogP contribution is -2.66. The van der Waals surface area contributed by atoms with Gasteiger partial charge in [-0.25, -0.2) is 0 Å². The number of aliphatic hydroxyl groups excluding tert-OH is 11. The Balaban J connectivity index is 1.34. The molecule has 0 aliphatic carbocycles. The van der Waals surface area contributed by atoms with Gasteiger partial charge in [-0.15, -0.1) is 0 Å². The number of carbonyl (C=O) groups excluding carboxylic acids is 1. The maximum absolute atomic E-state index is 13.3. The van der Waals surface area contributed by atoms with Crippen molar-refractivity contribution in [2.45, 2.75) is 259 Å². The fourth-order valence-electron chi connectivity index (χ4n) is 9.73. The first kappa shape index (κ1) is 77.2. The van der Waals surface area contributed by atoms with Gasteiger partial charge in [-0.2, -0.15) is 0 Å². The lowest BCUT2D eigenvalue weighted by atomic mass is 9.96. The van der Waals surface area contributed by atoms with Gasteiger partial charge in [0.15, 0.2) is 18.9 Å². The summed E-state index contributed by atoms with van der Waals surface area (Å²) in [5.74, 6) is -0.310. The third-order valence-corrected chi connectivity index (χ3v) is 14.9. The standard InChI is InChI=1S/C68H109NO18/c1-3-5-7-9-11-12-13-14-15-16-17-18-19-20-21-22-23-24-25-26-27-28-29-30-31-32-33-34-35-36-37-38-40-42-44-46-56(74)69-51(52(73)45-43-41-39-10-8-6-4-2)50-82-66-62(80)59(77)64(54(48-71)84-66)87-68-63(81)60(78)65(55(49-72)85-68)86-67-61(79)58(76)57(75)53(47-70)83-67/h5,7-8,10-12,14-15,17-18,20-21,23-24,26-27,29-30,32-33,43,45,51-55,57-68,70-73,75-81H,3-4,6,9,13,16,19,22,25,28,31,34-42,44,46-50H2,1-2H3,(H,69,74)/b7-5-,10-8+,12-11-,15-14-,18-17-,21-20-,24-23-,27-26-,30-29-,33-32-,45-43+. The highest BCUT2D eigenvalue weighted by Gasteiger charge is 2.53. The van der Waals surface area contributed by atoms with Crippen LogP contribution in [0.25, 0.3) is 0 Å². The van der Waals surface area contributed by atoms with Crippen LogP contribution in [0.4, 0.5) is 0 Å². The largest absolute Gasteiger partial charge is 0.394 e. The number of amides is 1. The SMILES string of the molecule is CC/C=C\C/C=C\C/C=C\C/C=C\C/C=C\C/C=C\C/C=C\C/C=C\C/C=C\CCCCCCCCCC(=O)NC(COC1OC(CO)C(OC2OC(CO)C(OC3OC(CO)C(O)C(O)C3O)C(O)C2O)C(O)C1O)C(O)/C=C/CC/C=C/CCC. The first-order valence-corrected chi connectivity index (χ1v) is 31.9. The molecule has 87 heavy (non-hydrogen) atoms. The molecule has 0 radical (unpaired) electrons. The van der Waals surface area contributed by atoms with Crippen molar-refractivity contribution in [3.8, 4) is 0 Å². The molecule has 0 bridgehead atoms. The first-order chi connectivity index (χ1) is 42.3. The normalized spacial score (nSPS) is 29.5. The highest BCUT2D eigenvalue weighted by molar-refractivity contribution is 5.76. The fraction of sp³-hybridized carbons (Fsp3) is 0.662. The molecule has 494 valence electrons. The summed E-state index contributed by atoms with van der Waals surface area (Å²) < 4.78 is 34.1. The minimum absolute atomic E-state index is 0.212. The van der Waals surface area contributed by atoms with Crippen molar-refractivity contribution < 1.29 is 89.4 Å². The third-order valence-electron chi connectivity index (χ3n) is 14.9. The van der Waals surface area contributed by atoms with Crippen LogP contribution >= 0.6 is 0 Å². The fourth-order valence-corrected chi connectivity index (χ4v) is 9.73.